The number of halogens is 1. The lowest BCUT2D eigenvalue weighted by Gasteiger charge is -2.15. The molecule has 1 aliphatic rings. The fourth-order valence-electron chi connectivity index (χ4n) is 3.92. The summed E-state index contributed by atoms with van der Waals surface area (Å²) in [6.07, 6.45) is 1.54. The topological polar surface area (TPSA) is 128 Å². The number of aryl methyl sites for hydroxylation is 2. The molecule has 206 valence electrons. The number of para-hydroxylation sites is 1. The lowest BCUT2D eigenvalue weighted by Crippen LogP contribution is -2.36. The van der Waals surface area contributed by atoms with Gasteiger partial charge in [-0.1, -0.05) is 34.1 Å². The smallest absolute Gasteiger partial charge is 0.294 e. The van der Waals surface area contributed by atoms with Gasteiger partial charge in [0.2, 0.25) is 5.91 Å². The number of nitro groups is 1. The Balaban J connectivity index is 1.47. The quantitative estimate of drug-likeness (QED) is 0.168. The number of hydrogen-bond donors (Lipinski definition) is 1. The van der Waals surface area contributed by atoms with E-state index in [1.807, 2.05) is 32.0 Å². The molecule has 1 aliphatic heterocycles. The number of rotatable bonds is 9. The zero-order valence-corrected chi connectivity index (χ0v) is 24.1. The fraction of sp³-hybridized carbons (Fsp3) is 0.179. The molecule has 3 aromatic rings. The van der Waals surface area contributed by atoms with Crippen LogP contribution in [0.2, 0.25) is 0 Å². The molecule has 0 bridgehead atoms. The van der Waals surface area contributed by atoms with Gasteiger partial charge in [-0.25, -0.2) is 0 Å². The van der Waals surface area contributed by atoms with E-state index >= 15 is 0 Å². The second-order valence-electron chi connectivity index (χ2n) is 8.82. The van der Waals surface area contributed by atoms with E-state index in [4.69, 9.17) is 9.47 Å². The molecule has 1 heterocycles. The van der Waals surface area contributed by atoms with Gasteiger partial charge < -0.3 is 14.8 Å². The van der Waals surface area contributed by atoms with Gasteiger partial charge in [0.15, 0.2) is 11.5 Å². The maximum Gasteiger partial charge on any atom is 0.294 e. The van der Waals surface area contributed by atoms with Gasteiger partial charge >= 0.3 is 0 Å². The highest BCUT2D eigenvalue weighted by Gasteiger charge is 2.36. The Kier molecular flexibility index (Phi) is 8.90. The van der Waals surface area contributed by atoms with Crippen molar-refractivity contribution in [3.05, 3.63) is 96.3 Å². The first-order valence-corrected chi connectivity index (χ1v) is 13.5. The molecule has 0 aliphatic carbocycles. The number of nitrogens with zero attached hydrogens (tertiary/aromatic N) is 2. The summed E-state index contributed by atoms with van der Waals surface area (Å²) in [6.45, 7) is 3.46. The van der Waals surface area contributed by atoms with Crippen LogP contribution in [0.1, 0.15) is 22.3 Å². The van der Waals surface area contributed by atoms with Crippen molar-refractivity contribution in [2.24, 2.45) is 0 Å². The molecule has 0 unspecified atom stereocenters. The largest absolute Gasteiger partial charge is 0.493 e. The van der Waals surface area contributed by atoms with Crippen LogP contribution in [-0.2, 0) is 16.2 Å². The number of carbonyl (C=O) groups excluding carboxylic acids is 3. The van der Waals surface area contributed by atoms with Crippen LogP contribution in [0.15, 0.2) is 64.0 Å². The molecule has 12 heteroatoms. The Bertz CT molecular complexity index is 1520. The third kappa shape index (κ3) is 6.52. The van der Waals surface area contributed by atoms with Gasteiger partial charge in [0.05, 0.1) is 16.9 Å². The summed E-state index contributed by atoms with van der Waals surface area (Å²) in [5.74, 6) is -0.265. The lowest BCUT2D eigenvalue weighted by atomic mass is 10.1. The first-order valence-electron chi connectivity index (χ1n) is 11.9. The number of thioether (sulfide) groups is 1. The van der Waals surface area contributed by atoms with Crippen LogP contribution >= 0.6 is 27.7 Å². The molecule has 3 aromatic carbocycles. The van der Waals surface area contributed by atoms with Crippen molar-refractivity contribution < 1.29 is 28.8 Å². The number of nitrogens with one attached hydrogen (secondary N) is 1. The molecule has 40 heavy (non-hydrogen) atoms. The van der Waals surface area contributed by atoms with Gasteiger partial charge in [0.25, 0.3) is 16.8 Å². The maximum absolute atomic E-state index is 13.0. The molecule has 3 amide bonds. The number of amides is 3. The minimum absolute atomic E-state index is 0.0140. The van der Waals surface area contributed by atoms with E-state index in [1.54, 1.807) is 30.3 Å². The highest BCUT2D eigenvalue weighted by Crippen LogP contribution is 2.38. The first-order chi connectivity index (χ1) is 19.1. The van der Waals surface area contributed by atoms with Crippen molar-refractivity contribution in [3.8, 4) is 11.5 Å². The Morgan fingerprint density at radius 2 is 1.77 bits per heavy atom. The molecule has 0 atom stereocenters. The van der Waals surface area contributed by atoms with E-state index in [2.05, 4.69) is 21.2 Å². The van der Waals surface area contributed by atoms with Crippen molar-refractivity contribution in [2.75, 3.05) is 19.0 Å². The summed E-state index contributed by atoms with van der Waals surface area (Å²) >= 11 is 4.22. The molecular formula is C28H24BrN3O7S. The second kappa shape index (κ2) is 12.3. The number of anilines is 1. The zero-order chi connectivity index (χ0) is 29.0. The predicted molar refractivity (Wildman–Crippen MR) is 155 cm³/mol. The van der Waals surface area contributed by atoms with Gasteiger partial charge in [-0.3, -0.25) is 29.4 Å². The first kappa shape index (κ1) is 28.8. The van der Waals surface area contributed by atoms with Crippen LogP contribution < -0.4 is 14.8 Å². The normalized spacial score (nSPS) is 14.0. The minimum atomic E-state index is -0.573. The van der Waals surface area contributed by atoms with Gasteiger partial charge in [-0.15, -0.1) is 0 Å². The Hall–Kier alpha value is -4.16. The Morgan fingerprint density at radius 3 is 2.40 bits per heavy atom. The van der Waals surface area contributed by atoms with Gasteiger partial charge in [0, 0.05) is 22.3 Å². The van der Waals surface area contributed by atoms with Gasteiger partial charge in [-0.2, -0.15) is 0 Å². The Labute approximate surface area is 242 Å². The zero-order valence-electron chi connectivity index (χ0n) is 21.7. The molecular weight excluding hydrogens is 602 g/mol. The molecule has 1 saturated heterocycles. The van der Waals surface area contributed by atoms with Crippen LogP contribution in [-0.4, -0.2) is 40.5 Å². The van der Waals surface area contributed by atoms with Crippen LogP contribution in [0, 0.1) is 24.0 Å². The van der Waals surface area contributed by atoms with Crippen molar-refractivity contribution in [1.82, 2.24) is 4.90 Å². The molecule has 0 saturated carbocycles. The SMILES string of the molecule is COc1cc(/C=C2/SC(=O)N(CC(=O)Nc3c(C)cccc3C)C2=O)c(Br)cc1OCc1ccc([N+](=O)[O-])cc1. The molecule has 0 spiro atoms. The monoisotopic (exact) mass is 625 g/mol. The summed E-state index contributed by atoms with van der Waals surface area (Å²) in [4.78, 5) is 49.7. The number of carbonyl (C=O) groups is 3. The molecule has 10 nitrogen and oxygen atoms in total. The van der Waals surface area contributed by atoms with Crippen LogP contribution in [0.4, 0.5) is 16.2 Å². The highest BCUT2D eigenvalue weighted by molar-refractivity contribution is 9.10. The summed E-state index contributed by atoms with van der Waals surface area (Å²) in [5, 5.41) is 13.1. The number of benzene rings is 3. The number of ether oxygens (including phenoxy) is 2. The number of hydrogen-bond acceptors (Lipinski definition) is 8. The summed E-state index contributed by atoms with van der Waals surface area (Å²) in [5.41, 5.74) is 3.68. The Morgan fingerprint density at radius 1 is 1.10 bits per heavy atom. The van der Waals surface area contributed by atoms with E-state index in [0.29, 0.717) is 27.2 Å². The van der Waals surface area contributed by atoms with E-state index in [0.717, 1.165) is 33.4 Å². The number of non-ortho nitro benzene ring substituents is 1. The van der Waals surface area contributed by atoms with Crippen LogP contribution in [0.25, 0.3) is 6.08 Å². The van der Waals surface area contributed by atoms with E-state index in [-0.39, 0.29) is 17.2 Å². The molecule has 1 N–H and O–H groups in total. The maximum atomic E-state index is 13.0. The standard InChI is InChI=1S/C28H24BrN3O7S/c1-16-5-4-6-17(2)26(16)30-25(33)14-31-27(34)24(40-28(31)35)12-19-11-22(38-3)23(13-21(19)29)39-15-18-7-9-20(10-8-18)32(36)37/h4-13H,14-15H2,1-3H3,(H,30,33)/b24-12+. The number of imide groups is 1. The average Bonchev–Trinajstić information content (AvgIpc) is 3.18. The third-order valence-electron chi connectivity index (χ3n) is 6.03. The molecule has 4 rings (SSSR count). The third-order valence-corrected chi connectivity index (χ3v) is 7.63. The van der Waals surface area contributed by atoms with Crippen molar-refractivity contribution in [1.29, 1.82) is 0 Å². The summed E-state index contributed by atoms with van der Waals surface area (Å²) in [7, 11) is 1.47. The average molecular weight is 626 g/mol. The van der Waals surface area contributed by atoms with Crippen LogP contribution in [0.5, 0.6) is 11.5 Å². The van der Waals surface area contributed by atoms with E-state index < -0.39 is 28.5 Å². The van der Waals surface area contributed by atoms with Crippen molar-refractivity contribution in [2.45, 2.75) is 20.5 Å². The van der Waals surface area contributed by atoms with E-state index in [9.17, 15) is 24.5 Å². The summed E-state index contributed by atoms with van der Waals surface area (Å²) < 4.78 is 11.9. The minimum Gasteiger partial charge on any atom is -0.493 e. The van der Waals surface area contributed by atoms with Gasteiger partial charge in [-0.05, 0) is 78.2 Å². The van der Waals surface area contributed by atoms with Crippen molar-refractivity contribution in [3.63, 3.8) is 0 Å². The number of nitro benzene ring substituents is 1. The van der Waals surface area contributed by atoms with E-state index in [1.165, 1.54) is 19.2 Å². The molecule has 0 aromatic heterocycles. The second-order valence-corrected chi connectivity index (χ2v) is 10.7. The fourth-order valence-corrected chi connectivity index (χ4v) is 5.19. The van der Waals surface area contributed by atoms with Gasteiger partial charge in [0.1, 0.15) is 13.2 Å². The number of methoxy groups -OCH3 is 1. The highest BCUT2D eigenvalue weighted by atomic mass is 79.9. The van der Waals surface area contributed by atoms with Crippen LogP contribution in [0.3, 0.4) is 0 Å². The lowest BCUT2D eigenvalue weighted by molar-refractivity contribution is -0.384. The molecule has 0 radical (unpaired) electrons. The molecule has 1 fully saturated rings. The summed E-state index contributed by atoms with van der Waals surface area (Å²) in [6, 6.07) is 14.9. The predicted octanol–water partition coefficient (Wildman–Crippen LogP) is 6.24. The van der Waals surface area contributed by atoms with Crippen molar-refractivity contribution >= 4 is 62.2 Å².